The Morgan fingerprint density at radius 1 is 1.44 bits per heavy atom. The number of nitrogens with one attached hydrogen (secondary N) is 1. The van der Waals surface area contributed by atoms with Gasteiger partial charge in [-0.05, 0) is 20.4 Å². The maximum absolute atomic E-state index is 5.16. The van der Waals surface area contributed by atoms with Crippen LogP contribution >= 0.6 is 0 Å². The van der Waals surface area contributed by atoms with Gasteiger partial charge in [-0.25, -0.2) is 4.98 Å². The van der Waals surface area contributed by atoms with E-state index in [1.165, 1.54) is 0 Å². The molecule has 0 aliphatic heterocycles. The molecule has 0 bridgehead atoms. The molecule has 0 aliphatic rings. The normalized spacial score (nSPS) is 12.4. The van der Waals surface area contributed by atoms with Gasteiger partial charge in [0.15, 0.2) is 0 Å². The molecule has 0 radical (unpaired) electrons. The van der Waals surface area contributed by atoms with E-state index in [4.69, 9.17) is 4.74 Å². The molecule has 0 saturated heterocycles. The van der Waals surface area contributed by atoms with E-state index in [0.29, 0.717) is 12.6 Å². The summed E-state index contributed by atoms with van der Waals surface area (Å²) in [7, 11) is 3.63. The first kappa shape index (κ1) is 14.9. The van der Waals surface area contributed by atoms with E-state index in [1.54, 1.807) is 13.3 Å². The Morgan fingerprint density at radius 3 is 2.83 bits per heavy atom. The molecule has 0 saturated carbocycles. The number of rotatable bonds is 8. The summed E-state index contributed by atoms with van der Waals surface area (Å²) in [5.41, 5.74) is 0.959. The zero-order valence-electron chi connectivity index (χ0n) is 11.8. The van der Waals surface area contributed by atoms with Crippen molar-refractivity contribution < 1.29 is 4.74 Å². The highest BCUT2D eigenvalue weighted by Crippen LogP contribution is 2.15. The number of methoxy groups -OCH3 is 1. The van der Waals surface area contributed by atoms with Crippen LogP contribution in [-0.4, -0.2) is 43.3 Å². The first-order chi connectivity index (χ1) is 8.72. The fourth-order valence-electron chi connectivity index (χ4n) is 1.77. The van der Waals surface area contributed by atoms with Crippen molar-refractivity contribution in [3.63, 3.8) is 0 Å². The Balaban J connectivity index is 2.85. The highest BCUT2D eigenvalue weighted by molar-refractivity contribution is 5.37. The van der Waals surface area contributed by atoms with Gasteiger partial charge >= 0.3 is 0 Å². The second-order valence-electron chi connectivity index (χ2n) is 4.34. The minimum atomic E-state index is 0.430. The van der Waals surface area contributed by atoms with Crippen LogP contribution < -0.4 is 10.2 Å². The van der Waals surface area contributed by atoms with Crippen molar-refractivity contribution in [2.75, 3.05) is 32.2 Å². The fourth-order valence-corrected chi connectivity index (χ4v) is 1.77. The highest BCUT2D eigenvalue weighted by Gasteiger charge is 2.14. The average Bonchev–Trinajstić information content (AvgIpc) is 2.39. The summed E-state index contributed by atoms with van der Waals surface area (Å²) in [5.74, 6) is 0.925. The van der Waals surface area contributed by atoms with Crippen LogP contribution in [0, 0.1) is 0 Å². The lowest BCUT2D eigenvalue weighted by Crippen LogP contribution is -2.36. The maximum atomic E-state index is 5.16. The van der Waals surface area contributed by atoms with E-state index in [-0.39, 0.29) is 0 Å². The van der Waals surface area contributed by atoms with Crippen molar-refractivity contribution in [2.45, 2.75) is 32.9 Å². The molecular weight excluding hydrogens is 228 g/mol. The lowest BCUT2D eigenvalue weighted by Gasteiger charge is -2.29. The maximum Gasteiger partial charge on any atom is 0.147 e. The van der Waals surface area contributed by atoms with Crippen LogP contribution in [0.25, 0.3) is 0 Å². The molecule has 1 heterocycles. The summed E-state index contributed by atoms with van der Waals surface area (Å²) in [6, 6.07) is 0.430. The molecule has 1 atom stereocenters. The van der Waals surface area contributed by atoms with Crippen molar-refractivity contribution in [1.82, 2.24) is 15.3 Å². The molecule has 0 fully saturated rings. The van der Waals surface area contributed by atoms with Gasteiger partial charge < -0.3 is 15.0 Å². The molecule has 1 aromatic heterocycles. The fraction of sp³-hybridized carbons (Fsp3) is 0.692. The Morgan fingerprint density at radius 2 is 2.22 bits per heavy atom. The smallest absolute Gasteiger partial charge is 0.147 e. The first-order valence-corrected chi connectivity index (χ1v) is 6.44. The van der Waals surface area contributed by atoms with E-state index in [1.807, 2.05) is 13.2 Å². The Labute approximate surface area is 110 Å². The number of ether oxygens (including phenoxy) is 1. The summed E-state index contributed by atoms with van der Waals surface area (Å²) in [6.07, 6.45) is 4.69. The number of anilines is 1. The highest BCUT2D eigenvalue weighted by atomic mass is 16.5. The van der Waals surface area contributed by atoms with E-state index in [9.17, 15) is 0 Å². The van der Waals surface area contributed by atoms with E-state index >= 15 is 0 Å². The Hall–Kier alpha value is -1.20. The topological polar surface area (TPSA) is 50.3 Å². The number of hydrogen-bond acceptors (Lipinski definition) is 5. The van der Waals surface area contributed by atoms with Crippen LogP contribution in [0.15, 0.2) is 12.4 Å². The largest absolute Gasteiger partial charge is 0.383 e. The summed E-state index contributed by atoms with van der Waals surface area (Å²) < 4.78 is 5.16. The van der Waals surface area contributed by atoms with Gasteiger partial charge in [0.2, 0.25) is 0 Å². The van der Waals surface area contributed by atoms with Crippen molar-refractivity contribution in [1.29, 1.82) is 0 Å². The van der Waals surface area contributed by atoms with Crippen molar-refractivity contribution in [3.05, 3.63) is 18.1 Å². The molecule has 1 rings (SSSR count). The van der Waals surface area contributed by atoms with E-state index < -0.39 is 0 Å². The number of hydrogen-bond donors (Lipinski definition) is 1. The summed E-state index contributed by atoms with van der Waals surface area (Å²) >= 11 is 0. The molecule has 0 aromatic carbocycles. The molecule has 5 heteroatoms. The van der Waals surface area contributed by atoms with Crippen LogP contribution in [0.1, 0.15) is 26.0 Å². The average molecular weight is 252 g/mol. The Bertz CT molecular complexity index is 346. The van der Waals surface area contributed by atoms with Crippen molar-refractivity contribution >= 4 is 5.82 Å². The van der Waals surface area contributed by atoms with Crippen molar-refractivity contribution in [2.24, 2.45) is 0 Å². The van der Waals surface area contributed by atoms with Gasteiger partial charge in [-0.3, -0.25) is 4.98 Å². The molecule has 1 aromatic rings. The zero-order chi connectivity index (χ0) is 13.4. The standard InChI is InChI=1S/C13H24N4O/c1-5-11(2)17(6-7-18-4)13-10-15-9-12(16-13)8-14-3/h9-11,14H,5-8H2,1-4H3. The molecule has 0 aliphatic carbocycles. The lowest BCUT2D eigenvalue weighted by atomic mass is 10.2. The van der Waals surface area contributed by atoms with Crippen LogP contribution in [0.4, 0.5) is 5.82 Å². The SMILES string of the molecule is CCC(C)N(CCOC)c1cncc(CNC)n1. The second kappa shape index (κ2) is 8.00. The van der Waals surface area contributed by atoms with Gasteiger partial charge in [0, 0.05) is 32.4 Å². The van der Waals surface area contributed by atoms with Gasteiger partial charge in [-0.1, -0.05) is 6.92 Å². The zero-order valence-corrected chi connectivity index (χ0v) is 11.8. The van der Waals surface area contributed by atoms with Crippen LogP contribution in [0.5, 0.6) is 0 Å². The molecule has 0 spiro atoms. The third-order valence-corrected chi connectivity index (χ3v) is 2.98. The summed E-state index contributed by atoms with van der Waals surface area (Å²) in [5, 5.41) is 3.09. The second-order valence-corrected chi connectivity index (χ2v) is 4.34. The van der Waals surface area contributed by atoms with Gasteiger partial charge in [-0.15, -0.1) is 0 Å². The minimum absolute atomic E-state index is 0.430. The van der Waals surface area contributed by atoms with E-state index in [0.717, 1.165) is 31.0 Å². The number of aromatic nitrogens is 2. The van der Waals surface area contributed by atoms with Crippen LogP contribution in [0.2, 0.25) is 0 Å². The van der Waals surface area contributed by atoms with Gasteiger partial charge in [0.05, 0.1) is 18.5 Å². The molecule has 18 heavy (non-hydrogen) atoms. The van der Waals surface area contributed by atoms with Gasteiger partial charge in [0.1, 0.15) is 5.82 Å². The predicted octanol–water partition coefficient (Wildman–Crippen LogP) is 1.45. The lowest BCUT2D eigenvalue weighted by molar-refractivity contribution is 0.203. The first-order valence-electron chi connectivity index (χ1n) is 6.44. The Kier molecular flexibility index (Phi) is 6.60. The molecule has 5 nitrogen and oxygen atoms in total. The third-order valence-electron chi connectivity index (χ3n) is 2.98. The number of nitrogens with zero attached hydrogens (tertiary/aromatic N) is 3. The molecule has 1 N–H and O–H groups in total. The molecule has 0 amide bonds. The van der Waals surface area contributed by atoms with E-state index in [2.05, 4.69) is 34.0 Å². The molecule has 1 unspecified atom stereocenters. The quantitative estimate of drug-likeness (QED) is 0.759. The van der Waals surface area contributed by atoms with Crippen LogP contribution in [-0.2, 0) is 11.3 Å². The van der Waals surface area contributed by atoms with Gasteiger partial charge in [0.25, 0.3) is 0 Å². The molecule has 102 valence electrons. The molecular formula is C13H24N4O. The van der Waals surface area contributed by atoms with Gasteiger partial charge in [-0.2, -0.15) is 0 Å². The third kappa shape index (κ3) is 4.23. The summed E-state index contributed by atoms with van der Waals surface area (Å²) in [6.45, 7) is 6.64. The van der Waals surface area contributed by atoms with Crippen LogP contribution in [0.3, 0.4) is 0 Å². The summed E-state index contributed by atoms with van der Waals surface area (Å²) in [4.78, 5) is 11.1. The monoisotopic (exact) mass is 252 g/mol. The predicted molar refractivity (Wildman–Crippen MR) is 73.8 cm³/mol. The van der Waals surface area contributed by atoms with Crippen molar-refractivity contribution in [3.8, 4) is 0 Å². The minimum Gasteiger partial charge on any atom is -0.383 e.